The van der Waals surface area contributed by atoms with Crippen LogP contribution in [-0.2, 0) is 51.2 Å². The van der Waals surface area contributed by atoms with Crippen LogP contribution >= 0.6 is 0 Å². The van der Waals surface area contributed by atoms with Crippen molar-refractivity contribution in [2.75, 3.05) is 0 Å². The summed E-state index contributed by atoms with van der Waals surface area (Å²) in [6.45, 7) is 0. The van der Waals surface area contributed by atoms with Gasteiger partial charge >= 0.3 is 71.0 Å². The molecule has 0 spiro atoms. The standard InChI is InChI=1S/Ga.3Mn.3N/q+3;3*+2;3*-3. The monoisotopic (exact) mass is 276 g/mol. The van der Waals surface area contributed by atoms with E-state index >= 15 is 0 Å². The van der Waals surface area contributed by atoms with Gasteiger partial charge in [0, 0.05) is 0 Å². The Morgan fingerprint density at radius 3 is 0.429 bits per heavy atom. The second kappa shape index (κ2) is 93.9. The summed E-state index contributed by atoms with van der Waals surface area (Å²) in [6, 6.07) is 0. The van der Waals surface area contributed by atoms with Crippen LogP contribution in [0.4, 0.5) is 0 Å². The Morgan fingerprint density at radius 1 is 0.429 bits per heavy atom. The quantitative estimate of drug-likeness (QED) is 0.576. The fourth-order valence-corrected chi connectivity index (χ4v) is 0. The minimum atomic E-state index is 0. The molecule has 0 unspecified atom stereocenters. The summed E-state index contributed by atoms with van der Waals surface area (Å²) in [7, 11) is 0. The third-order valence-corrected chi connectivity index (χ3v) is 0. The van der Waals surface area contributed by atoms with Crippen molar-refractivity contribution in [2.24, 2.45) is 0 Å². The van der Waals surface area contributed by atoms with Gasteiger partial charge in [0.15, 0.2) is 0 Å². The van der Waals surface area contributed by atoms with Gasteiger partial charge in [-0.3, -0.25) is 0 Å². The van der Waals surface area contributed by atoms with Gasteiger partial charge in [0.05, 0.1) is 0 Å². The molecule has 0 saturated carbocycles. The molecule has 3 nitrogen and oxygen atoms in total. The van der Waals surface area contributed by atoms with E-state index in [1.807, 2.05) is 0 Å². The van der Waals surface area contributed by atoms with Gasteiger partial charge in [0.25, 0.3) is 0 Å². The van der Waals surface area contributed by atoms with E-state index in [0.717, 1.165) is 0 Å². The zero-order valence-corrected chi connectivity index (χ0v) is 9.02. The largest absolute Gasteiger partial charge is 3.00 e. The number of hydrogen-bond donors (Lipinski definition) is 0. The Bertz CT molecular complexity index is 10.1. The molecule has 0 heterocycles. The predicted molar refractivity (Wildman–Crippen MR) is 15.8 cm³/mol. The second-order valence-corrected chi connectivity index (χ2v) is 0. The smallest absolute Gasteiger partial charge is 3.00 e. The Labute approximate surface area is 88.7 Å². The summed E-state index contributed by atoms with van der Waals surface area (Å²) in [5, 5.41) is 0. The van der Waals surface area contributed by atoms with Crippen LogP contribution in [0.15, 0.2) is 0 Å². The minimum absolute atomic E-state index is 0. The van der Waals surface area contributed by atoms with Crippen LogP contribution in [0.5, 0.6) is 0 Å². The molecule has 0 amide bonds. The molecular weight excluding hydrogens is 277 g/mol. The van der Waals surface area contributed by atoms with Gasteiger partial charge in [-0.2, -0.15) is 0 Å². The van der Waals surface area contributed by atoms with Crippen LogP contribution in [0.3, 0.4) is 0 Å². The maximum absolute atomic E-state index is 0. The summed E-state index contributed by atoms with van der Waals surface area (Å²) in [6.07, 6.45) is 0. The minimum Gasteiger partial charge on any atom is -3.00 e. The van der Waals surface area contributed by atoms with Crippen molar-refractivity contribution >= 4 is 19.8 Å². The van der Waals surface area contributed by atoms with Crippen molar-refractivity contribution in [2.45, 2.75) is 0 Å². The summed E-state index contributed by atoms with van der Waals surface area (Å²) in [5.41, 5.74) is 0. The molecule has 0 aromatic heterocycles. The number of rotatable bonds is 0. The summed E-state index contributed by atoms with van der Waals surface area (Å²) < 4.78 is 0. The second-order valence-electron chi connectivity index (χ2n) is 0. The van der Waals surface area contributed by atoms with Gasteiger partial charge < -0.3 is 18.5 Å². The average Bonchev–Trinajstić information content (AvgIpc) is 0. The molecule has 0 bridgehead atoms. The Hall–Kier alpha value is 2.07. The van der Waals surface area contributed by atoms with E-state index in [1.54, 1.807) is 0 Å². The summed E-state index contributed by atoms with van der Waals surface area (Å²) >= 11 is 0. The normalized spacial score (nSPS) is 0. The van der Waals surface area contributed by atoms with Gasteiger partial charge in [0.2, 0.25) is 0 Å². The van der Waals surface area contributed by atoms with Crippen molar-refractivity contribution < 1.29 is 51.2 Å². The first-order valence-corrected chi connectivity index (χ1v) is 0. The SMILES string of the molecule is [Ga+3].[Mn+2].[Mn+2].[Mn+2].[N-3].[N-3].[N-3]. The number of hydrogen-bond acceptors (Lipinski definition) is 0. The fraction of sp³-hybridized carbons (Fsp3) is 0. The zero-order chi connectivity index (χ0) is 0. The van der Waals surface area contributed by atoms with E-state index in [2.05, 4.69) is 0 Å². The molecule has 0 aliphatic carbocycles. The first-order valence-electron chi connectivity index (χ1n) is 0. The van der Waals surface area contributed by atoms with Crippen molar-refractivity contribution in [3.05, 3.63) is 18.5 Å². The molecule has 0 fully saturated rings. The fourth-order valence-electron chi connectivity index (χ4n) is 0. The van der Waals surface area contributed by atoms with E-state index in [1.165, 1.54) is 0 Å². The molecule has 0 N–H and O–H groups in total. The zero-order valence-electron chi connectivity index (χ0n) is 3.05. The summed E-state index contributed by atoms with van der Waals surface area (Å²) in [5.74, 6) is 0. The average molecular weight is 277 g/mol. The molecule has 39 valence electrons. The molecule has 0 atom stereocenters. The van der Waals surface area contributed by atoms with Gasteiger partial charge in [-0.1, -0.05) is 0 Å². The molecule has 0 saturated heterocycles. The van der Waals surface area contributed by atoms with Crippen LogP contribution in [-0.4, -0.2) is 19.8 Å². The maximum Gasteiger partial charge on any atom is 3.00 e. The van der Waals surface area contributed by atoms with E-state index < -0.39 is 0 Å². The molecule has 3 radical (unpaired) electrons. The van der Waals surface area contributed by atoms with Crippen LogP contribution < -0.4 is 0 Å². The molecule has 0 aromatic carbocycles. The first kappa shape index (κ1) is 137. The molecule has 0 aromatic rings. The van der Waals surface area contributed by atoms with Crippen LogP contribution in [0, 0.1) is 0 Å². The Morgan fingerprint density at radius 2 is 0.429 bits per heavy atom. The van der Waals surface area contributed by atoms with Gasteiger partial charge in [-0.25, -0.2) is 0 Å². The van der Waals surface area contributed by atoms with Crippen molar-refractivity contribution in [1.29, 1.82) is 0 Å². The van der Waals surface area contributed by atoms with Crippen LogP contribution in [0.2, 0.25) is 0 Å². The molecule has 7 heavy (non-hydrogen) atoms. The third-order valence-electron chi connectivity index (χ3n) is 0. The van der Waals surface area contributed by atoms with Crippen molar-refractivity contribution in [3.63, 3.8) is 0 Å². The van der Waals surface area contributed by atoms with Crippen LogP contribution in [0.1, 0.15) is 0 Å². The van der Waals surface area contributed by atoms with E-state index in [9.17, 15) is 0 Å². The Kier molecular flexibility index (Phi) is 1840. The molecule has 7 heteroatoms. The Balaban J connectivity index is 0. The van der Waals surface area contributed by atoms with Crippen molar-refractivity contribution in [3.8, 4) is 0 Å². The van der Waals surface area contributed by atoms with Gasteiger partial charge in [-0.15, -0.1) is 0 Å². The predicted octanol–water partition coefficient (Wildman–Crippen LogP) is 0.478. The van der Waals surface area contributed by atoms with Crippen LogP contribution in [0.25, 0.3) is 18.5 Å². The summed E-state index contributed by atoms with van der Waals surface area (Å²) in [4.78, 5) is 0. The van der Waals surface area contributed by atoms with E-state index in [0.29, 0.717) is 0 Å². The van der Waals surface area contributed by atoms with Crippen molar-refractivity contribution in [1.82, 2.24) is 0 Å². The first-order chi connectivity index (χ1) is 0. The van der Waals surface area contributed by atoms with Gasteiger partial charge in [-0.05, 0) is 0 Å². The molecule has 0 aliphatic heterocycles. The molecule has 0 rings (SSSR count). The molecule has 0 aliphatic rings. The van der Waals surface area contributed by atoms with E-state index in [4.69, 9.17) is 0 Å². The topological polar surface area (TPSA) is 91.5 Å². The third kappa shape index (κ3) is 69.2. The number of nitrogens with zero attached hydrogens (tertiary/aromatic N) is 3. The van der Waals surface area contributed by atoms with E-state index in [-0.39, 0.29) is 89.4 Å². The van der Waals surface area contributed by atoms with Gasteiger partial charge in [0.1, 0.15) is 0 Å². The molecular formula is GaMn3N3. The maximum atomic E-state index is 0.